The molecule has 5 N–H and O–H groups in total. The summed E-state index contributed by atoms with van der Waals surface area (Å²) in [4.78, 5) is 46.0. The smallest absolute Gasteiger partial charge is 0.273 e. The highest BCUT2D eigenvalue weighted by atomic mass is 32.1. The Bertz CT molecular complexity index is 1550. The van der Waals surface area contributed by atoms with E-state index in [2.05, 4.69) is 28.5 Å². The molecule has 0 saturated heterocycles. The van der Waals surface area contributed by atoms with Gasteiger partial charge in [0.15, 0.2) is 5.69 Å². The maximum Gasteiger partial charge on any atom is 0.273 e. The number of pyridine rings is 1. The number of carbonyl (C=O) groups excluding carboxylic acids is 3. The van der Waals surface area contributed by atoms with Crippen LogP contribution in [0.4, 0.5) is 11.4 Å². The largest absolute Gasteiger partial charge is 0.395 e. The summed E-state index contributed by atoms with van der Waals surface area (Å²) >= 11 is 0.786. The van der Waals surface area contributed by atoms with Crippen LogP contribution in [0.1, 0.15) is 63.2 Å². The minimum absolute atomic E-state index is 0.0344. The van der Waals surface area contributed by atoms with Crippen molar-refractivity contribution in [3.63, 3.8) is 0 Å². The molecule has 0 aliphatic carbocycles. The molecule has 0 unspecified atom stereocenters. The molecule has 4 rings (SSSR count). The molecule has 0 bridgehead atoms. The minimum Gasteiger partial charge on any atom is -0.395 e. The van der Waals surface area contributed by atoms with Gasteiger partial charge < -0.3 is 16.8 Å². The normalized spacial score (nSPS) is 11.9. The number of rotatable bonds is 9. The first kappa shape index (κ1) is 27.7. The Morgan fingerprint density at radius 1 is 1.08 bits per heavy atom. The van der Waals surface area contributed by atoms with Crippen LogP contribution in [0.15, 0.2) is 54.7 Å². The highest BCUT2D eigenvalue weighted by molar-refractivity contribution is 7.09. The molecule has 0 fully saturated rings. The number of nitrogens with one attached hydrogen (secondary N) is 1. The lowest BCUT2D eigenvalue weighted by Gasteiger charge is -2.32. The van der Waals surface area contributed by atoms with Crippen LogP contribution in [-0.2, 0) is 4.79 Å². The molecule has 2 aromatic heterocycles. The van der Waals surface area contributed by atoms with Crippen molar-refractivity contribution in [2.75, 3.05) is 17.2 Å². The standard InChI is InChI=1S/C29H32N6O3S/c1-16(2)11-13-33-28(37)25(20-9-10-21-19(15-20)6-5-12-32-21)35(22-14-17(3)7-8-18(22)4)29(38)26-23(30)24(27(31)36)34-39-26/h5-10,12,14-16,25H,11,13,30H2,1-4H3,(H2,31,36)(H,33,37)/t25-/m1/s1. The summed E-state index contributed by atoms with van der Waals surface area (Å²) in [6.07, 6.45) is 2.48. The van der Waals surface area contributed by atoms with E-state index in [-0.39, 0.29) is 22.2 Å². The lowest BCUT2D eigenvalue weighted by molar-refractivity contribution is -0.122. The number of anilines is 2. The number of fused-ring (bicyclic) bond motifs is 1. The number of nitrogen functional groups attached to an aromatic ring is 1. The van der Waals surface area contributed by atoms with Crippen LogP contribution in [0.2, 0.25) is 0 Å². The van der Waals surface area contributed by atoms with E-state index in [1.807, 2.05) is 56.3 Å². The van der Waals surface area contributed by atoms with Crippen molar-refractivity contribution in [2.45, 2.75) is 40.2 Å². The van der Waals surface area contributed by atoms with E-state index in [1.165, 1.54) is 4.90 Å². The minimum atomic E-state index is -1.05. The second kappa shape index (κ2) is 11.6. The summed E-state index contributed by atoms with van der Waals surface area (Å²) in [7, 11) is 0. The summed E-state index contributed by atoms with van der Waals surface area (Å²) in [6, 6.07) is 13.9. The van der Waals surface area contributed by atoms with Crippen LogP contribution in [0, 0.1) is 19.8 Å². The molecular formula is C29H32N6O3S. The van der Waals surface area contributed by atoms with Gasteiger partial charge in [0.05, 0.1) is 11.2 Å². The summed E-state index contributed by atoms with van der Waals surface area (Å²) in [5, 5.41) is 3.85. The van der Waals surface area contributed by atoms with E-state index < -0.39 is 17.9 Å². The van der Waals surface area contributed by atoms with Gasteiger partial charge in [-0.3, -0.25) is 24.3 Å². The Labute approximate surface area is 231 Å². The van der Waals surface area contributed by atoms with E-state index >= 15 is 0 Å². The molecule has 1 atom stereocenters. The van der Waals surface area contributed by atoms with Gasteiger partial charge in [0.2, 0.25) is 5.91 Å². The highest BCUT2D eigenvalue weighted by Gasteiger charge is 2.36. The van der Waals surface area contributed by atoms with E-state index in [1.54, 1.807) is 12.3 Å². The molecule has 0 aliphatic heterocycles. The molecule has 3 amide bonds. The third-order valence-corrected chi connectivity index (χ3v) is 7.32. The number of aromatic nitrogens is 2. The van der Waals surface area contributed by atoms with Crippen molar-refractivity contribution in [3.8, 4) is 0 Å². The van der Waals surface area contributed by atoms with Gasteiger partial charge >= 0.3 is 0 Å². The fourth-order valence-electron chi connectivity index (χ4n) is 4.35. The van der Waals surface area contributed by atoms with E-state index in [9.17, 15) is 14.4 Å². The number of hydrogen-bond acceptors (Lipinski definition) is 7. The van der Waals surface area contributed by atoms with Crippen molar-refractivity contribution in [3.05, 3.63) is 82.0 Å². The topological polar surface area (TPSA) is 144 Å². The fourth-order valence-corrected chi connectivity index (χ4v) is 5.09. The van der Waals surface area contributed by atoms with Gasteiger partial charge in [-0.15, -0.1) is 0 Å². The number of aryl methyl sites for hydroxylation is 2. The molecule has 202 valence electrons. The predicted molar refractivity (Wildman–Crippen MR) is 155 cm³/mol. The lowest BCUT2D eigenvalue weighted by atomic mass is 9.98. The second-order valence-corrected chi connectivity index (χ2v) is 10.7. The third-order valence-electron chi connectivity index (χ3n) is 6.47. The van der Waals surface area contributed by atoms with Gasteiger partial charge in [-0.05, 0) is 78.7 Å². The van der Waals surface area contributed by atoms with E-state index in [4.69, 9.17) is 11.5 Å². The molecular weight excluding hydrogens is 512 g/mol. The van der Waals surface area contributed by atoms with Gasteiger partial charge in [-0.2, -0.15) is 4.37 Å². The third kappa shape index (κ3) is 5.91. The summed E-state index contributed by atoms with van der Waals surface area (Å²) in [5.74, 6) is -1.34. The van der Waals surface area contributed by atoms with Gasteiger partial charge in [0.1, 0.15) is 10.9 Å². The number of hydrogen-bond donors (Lipinski definition) is 3. The molecule has 2 heterocycles. The zero-order valence-electron chi connectivity index (χ0n) is 22.4. The molecule has 2 aromatic carbocycles. The van der Waals surface area contributed by atoms with Gasteiger partial charge in [-0.1, -0.05) is 38.1 Å². The predicted octanol–water partition coefficient (Wildman–Crippen LogP) is 4.54. The first-order valence-electron chi connectivity index (χ1n) is 12.7. The average molecular weight is 545 g/mol. The monoisotopic (exact) mass is 544 g/mol. The number of nitrogens with zero attached hydrogens (tertiary/aromatic N) is 3. The van der Waals surface area contributed by atoms with Crippen LogP contribution in [0.3, 0.4) is 0 Å². The summed E-state index contributed by atoms with van der Waals surface area (Å²) < 4.78 is 4.03. The zero-order valence-corrected chi connectivity index (χ0v) is 23.2. The zero-order chi connectivity index (χ0) is 28.3. The molecule has 39 heavy (non-hydrogen) atoms. The van der Waals surface area contributed by atoms with Crippen LogP contribution >= 0.6 is 11.5 Å². The molecule has 9 nitrogen and oxygen atoms in total. The number of benzene rings is 2. The Hall–Kier alpha value is -4.31. The number of amides is 3. The maximum atomic E-state index is 14.3. The maximum absolute atomic E-state index is 14.3. The van der Waals surface area contributed by atoms with E-state index in [0.29, 0.717) is 23.7 Å². The summed E-state index contributed by atoms with van der Waals surface area (Å²) in [6.45, 7) is 8.39. The van der Waals surface area contributed by atoms with Crippen LogP contribution < -0.4 is 21.7 Å². The van der Waals surface area contributed by atoms with Crippen molar-refractivity contribution in [1.29, 1.82) is 0 Å². The Kier molecular flexibility index (Phi) is 8.25. The van der Waals surface area contributed by atoms with Crippen LogP contribution in [0.5, 0.6) is 0 Å². The van der Waals surface area contributed by atoms with Crippen molar-refractivity contribution in [1.82, 2.24) is 14.7 Å². The molecule has 10 heteroatoms. The number of primary amides is 1. The first-order chi connectivity index (χ1) is 18.6. The van der Waals surface area contributed by atoms with Crippen LogP contribution in [-0.4, -0.2) is 33.6 Å². The molecule has 0 aliphatic rings. The van der Waals surface area contributed by atoms with Gasteiger partial charge in [-0.25, -0.2) is 0 Å². The van der Waals surface area contributed by atoms with Crippen molar-refractivity contribution in [2.24, 2.45) is 11.7 Å². The highest BCUT2D eigenvalue weighted by Crippen LogP contribution is 2.36. The number of carbonyl (C=O) groups is 3. The fraction of sp³-hybridized carbons (Fsp3) is 0.276. The van der Waals surface area contributed by atoms with E-state index in [0.717, 1.165) is 40.0 Å². The SMILES string of the molecule is Cc1ccc(C)c(N(C(=O)c2snc(C(N)=O)c2N)[C@@H](C(=O)NCCC(C)C)c2ccc3ncccc3c2)c1. The molecule has 4 aromatic rings. The molecule has 0 spiro atoms. The Morgan fingerprint density at radius 3 is 2.54 bits per heavy atom. The van der Waals surface area contributed by atoms with Crippen LogP contribution in [0.25, 0.3) is 10.9 Å². The molecule has 0 saturated carbocycles. The summed E-state index contributed by atoms with van der Waals surface area (Å²) in [5.41, 5.74) is 14.9. The lowest BCUT2D eigenvalue weighted by Crippen LogP contribution is -2.44. The Morgan fingerprint density at radius 2 is 1.85 bits per heavy atom. The number of nitrogens with two attached hydrogens (primary N) is 2. The second-order valence-electron chi connectivity index (χ2n) is 9.93. The molecule has 0 radical (unpaired) electrons. The Balaban J connectivity index is 1.93. The quantitative estimate of drug-likeness (QED) is 0.282. The van der Waals surface area contributed by atoms with Crippen molar-refractivity contribution < 1.29 is 14.4 Å². The van der Waals surface area contributed by atoms with Crippen molar-refractivity contribution >= 4 is 51.5 Å². The van der Waals surface area contributed by atoms with Gasteiger partial charge in [0, 0.05) is 23.8 Å². The average Bonchev–Trinajstić information content (AvgIpc) is 3.29. The van der Waals surface area contributed by atoms with Gasteiger partial charge in [0.25, 0.3) is 11.8 Å². The first-order valence-corrected chi connectivity index (χ1v) is 13.4.